The summed E-state index contributed by atoms with van der Waals surface area (Å²) in [6.07, 6.45) is 0. The summed E-state index contributed by atoms with van der Waals surface area (Å²) >= 11 is 1.35. The number of hydrogen-bond donors (Lipinski definition) is 2. The number of amides is 1. The van der Waals surface area contributed by atoms with Crippen LogP contribution in [0.5, 0.6) is 0 Å². The number of thiazole rings is 1. The Bertz CT molecular complexity index is 374. The van der Waals surface area contributed by atoms with Crippen LogP contribution >= 0.6 is 11.3 Å². The van der Waals surface area contributed by atoms with E-state index >= 15 is 0 Å². The van der Waals surface area contributed by atoms with E-state index < -0.39 is 5.60 Å². The van der Waals surface area contributed by atoms with Crippen molar-refractivity contribution in [3.63, 3.8) is 0 Å². The maximum absolute atomic E-state index is 11.7. The van der Waals surface area contributed by atoms with Crippen molar-refractivity contribution in [1.29, 1.82) is 0 Å². The molecular weight excluding hydrogens is 226 g/mol. The van der Waals surface area contributed by atoms with Crippen LogP contribution in [0.4, 0.5) is 5.13 Å². The molecule has 0 aliphatic heterocycles. The Balaban J connectivity index is 2.70. The van der Waals surface area contributed by atoms with Gasteiger partial charge in [-0.25, -0.2) is 4.98 Å². The summed E-state index contributed by atoms with van der Waals surface area (Å²) < 4.78 is 5.07. The van der Waals surface area contributed by atoms with Gasteiger partial charge in [0.05, 0.1) is 5.69 Å². The molecule has 3 N–H and O–H groups in total. The molecule has 90 valence electrons. The molecule has 0 bridgehead atoms. The van der Waals surface area contributed by atoms with E-state index in [-0.39, 0.29) is 11.9 Å². The fourth-order valence-electron chi connectivity index (χ4n) is 0.893. The molecule has 0 saturated heterocycles. The standard InChI is InChI=1S/C10H17N3O2S/c1-6(11)7-5-16-9(12-7)13-8(14)10(2,3)15-4/h5-6H,11H2,1-4H3,(H,12,13,14). The Labute approximate surface area is 99.0 Å². The first-order valence-electron chi connectivity index (χ1n) is 4.94. The summed E-state index contributed by atoms with van der Waals surface area (Å²) in [5.74, 6) is -0.222. The molecule has 1 aromatic rings. The van der Waals surface area contributed by atoms with E-state index in [1.165, 1.54) is 18.4 Å². The molecular formula is C10H17N3O2S. The molecule has 1 rings (SSSR count). The number of anilines is 1. The second-order valence-corrected chi connectivity index (χ2v) is 4.89. The minimum absolute atomic E-state index is 0.127. The lowest BCUT2D eigenvalue weighted by atomic mass is 10.1. The van der Waals surface area contributed by atoms with Crippen molar-refractivity contribution in [2.45, 2.75) is 32.4 Å². The number of nitrogens with one attached hydrogen (secondary N) is 1. The monoisotopic (exact) mass is 243 g/mol. The van der Waals surface area contributed by atoms with Crippen LogP contribution in [0.25, 0.3) is 0 Å². The van der Waals surface area contributed by atoms with E-state index in [0.717, 1.165) is 5.69 Å². The number of methoxy groups -OCH3 is 1. The third kappa shape index (κ3) is 3.01. The summed E-state index contributed by atoms with van der Waals surface area (Å²) in [6.45, 7) is 5.24. The van der Waals surface area contributed by atoms with Crippen molar-refractivity contribution >= 4 is 22.4 Å². The van der Waals surface area contributed by atoms with Gasteiger partial charge in [0.25, 0.3) is 5.91 Å². The molecule has 0 spiro atoms. The van der Waals surface area contributed by atoms with Crippen LogP contribution in [0.3, 0.4) is 0 Å². The van der Waals surface area contributed by atoms with E-state index in [1.54, 1.807) is 13.8 Å². The van der Waals surface area contributed by atoms with Gasteiger partial charge in [-0.05, 0) is 20.8 Å². The van der Waals surface area contributed by atoms with E-state index in [9.17, 15) is 4.79 Å². The second-order valence-electron chi connectivity index (χ2n) is 4.03. The molecule has 16 heavy (non-hydrogen) atoms. The van der Waals surface area contributed by atoms with Crippen LogP contribution in [0, 0.1) is 0 Å². The van der Waals surface area contributed by atoms with Gasteiger partial charge in [0, 0.05) is 18.5 Å². The molecule has 0 radical (unpaired) electrons. The fraction of sp³-hybridized carbons (Fsp3) is 0.600. The number of carbonyl (C=O) groups excluding carboxylic acids is 1. The van der Waals surface area contributed by atoms with Crippen molar-refractivity contribution in [2.75, 3.05) is 12.4 Å². The number of aromatic nitrogens is 1. The van der Waals surface area contributed by atoms with Crippen LogP contribution in [0.2, 0.25) is 0 Å². The zero-order valence-electron chi connectivity index (χ0n) is 9.90. The van der Waals surface area contributed by atoms with Gasteiger partial charge in [0.1, 0.15) is 5.60 Å². The predicted molar refractivity (Wildman–Crippen MR) is 64.4 cm³/mol. The number of hydrogen-bond acceptors (Lipinski definition) is 5. The van der Waals surface area contributed by atoms with Crippen molar-refractivity contribution < 1.29 is 9.53 Å². The van der Waals surface area contributed by atoms with Gasteiger partial charge in [-0.3, -0.25) is 10.1 Å². The van der Waals surface area contributed by atoms with Crippen LogP contribution in [0.15, 0.2) is 5.38 Å². The molecule has 1 unspecified atom stereocenters. The van der Waals surface area contributed by atoms with Gasteiger partial charge < -0.3 is 10.5 Å². The predicted octanol–water partition coefficient (Wildman–Crippen LogP) is 1.53. The van der Waals surface area contributed by atoms with Gasteiger partial charge in [0.15, 0.2) is 5.13 Å². The van der Waals surface area contributed by atoms with Gasteiger partial charge in [-0.15, -0.1) is 11.3 Å². The third-order valence-electron chi connectivity index (χ3n) is 2.27. The average molecular weight is 243 g/mol. The molecule has 1 atom stereocenters. The number of nitrogens with zero attached hydrogens (tertiary/aromatic N) is 1. The summed E-state index contributed by atoms with van der Waals surface area (Å²) in [5, 5.41) is 5.07. The molecule has 1 amide bonds. The topological polar surface area (TPSA) is 77.2 Å². The van der Waals surface area contributed by atoms with Crippen molar-refractivity contribution in [3.05, 3.63) is 11.1 Å². The zero-order valence-corrected chi connectivity index (χ0v) is 10.7. The maximum Gasteiger partial charge on any atom is 0.257 e. The summed E-state index contributed by atoms with van der Waals surface area (Å²) in [5.41, 5.74) is 5.59. The average Bonchev–Trinajstić information content (AvgIpc) is 2.66. The highest BCUT2D eigenvalue weighted by Gasteiger charge is 2.27. The van der Waals surface area contributed by atoms with Gasteiger partial charge in [-0.2, -0.15) is 0 Å². The zero-order chi connectivity index (χ0) is 12.3. The number of carbonyl (C=O) groups is 1. The molecule has 1 aromatic heterocycles. The van der Waals surface area contributed by atoms with Crippen molar-refractivity contribution in [2.24, 2.45) is 5.73 Å². The Morgan fingerprint density at radius 2 is 2.31 bits per heavy atom. The molecule has 6 heteroatoms. The summed E-state index contributed by atoms with van der Waals surface area (Å²) in [6, 6.07) is -0.127. The van der Waals surface area contributed by atoms with E-state index in [2.05, 4.69) is 10.3 Å². The highest BCUT2D eigenvalue weighted by Crippen LogP contribution is 2.20. The van der Waals surface area contributed by atoms with Crippen molar-refractivity contribution in [1.82, 2.24) is 4.98 Å². The number of rotatable bonds is 4. The van der Waals surface area contributed by atoms with Gasteiger partial charge >= 0.3 is 0 Å². The lowest BCUT2D eigenvalue weighted by molar-refractivity contribution is -0.133. The molecule has 5 nitrogen and oxygen atoms in total. The van der Waals surface area contributed by atoms with Crippen LogP contribution < -0.4 is 11.1 Å². The lowest BCUT2D eigenvalue weighted by Gasteiger charge is -2.20. The van der Waals surface area contributed by atoms with Crippen LogP contribution in [0.1, 0.15) is 32.5 Å². The van der Waals surface area contributed by atoms with Gasteiger partial charge in [-0.1, -0.05) is 0 Å². The first-order chi connectivity index (χ1) is 7.36. The highest BCUT2D eigenvalue weighted by molar-refractivity contribution is 7.13. The summed E-state index contributed by atoms with van der Waals surface area (Å²) in [4.78, 5) is 15.9. The largest absolute Gasteiger partial charge is 0.369 e. The fourth-order valence-corrected chi connectivity index (χ4v) is 1.70. The summed E-state index contributed by atoms with van der Waals surface area (Å²) in [7, 11) is 1.49. The first-order valence-corrected chi connectivity index (χ1v) is 5.82. The first kappa shape index (κ1) is 13.1. The minimum Gasteiger partial charge on any atom is -0.369 e. The second kappa shape index (κ2) is 4.90. The lowest BCUT2D eigenvalue weighted by Crippen LogP contribution is -2.38. The van der Waals surface area contributed by atoms with E-state index in [4.69, 9.17) is 10.5 Å². The maximum atomic E-state index is 11.7. The van der Waals surface area contributed by atoms with Crippen molar-refractivity contribution in [3.8, 4) is 0 Å². The van der Waals surface area contributed by atoms with Gasteiger partial charge in [0.2, 0.25) is 0 Å². The normalized spacial score (nSPS) is 13.6. The smallest absolute Gasteiger partial charge is 0.257 e. The molecule has 0 saturated carbocycles. The highest BCUT2D eigenvalue weighted by atomic mass is 32.1. The SMILES string of the molecule is COC(C)(C)C(=O)Nc1nc(C(C)N)cs1. The molecule has 0 aliphatic carbocycles. The Morgan fingerprint density at radius 1 is 1.69 bits per heavy atom. The third-order valence-corrected chi connectivity index (χ3v) is 3.04. The molecule has 0 aliphatic rings. The Hall–Kier alpha value is -0.980. The van der Waals surface area contributed by atoms with Crippen LogP contribution in [-0.2, 0) is 9.53 Å². The Morgan fingerprint density at radius 3 is 2.75 bits per heavy atom. The van der Waals surface area contributed by atoms with E-state index in [0.29, 0.717) is 5.13 Å². The minimum atomic E-state index is -0.861. The Kier molecular flexibility index (Phi) is 4.01. The molecule has 0 aromatic carbocycles. The number of ether oxygens (including phenoxy) is 1. The van der Waals surface area contributed by atoms with Crippen LogP contribution in [-0.4, -0.2) is 23.6 Å². The number of nitrogens with two attached hydrogens (primary N) is 1. The quantitative estimate of drug-likeness (QED) is 0.840. The molecule has 0 fully saturated rings. The molecule has 1 heterocycles. The van der Waals surface area contributed by atoms with E-state index in [1.807, 2.05) is 12.3 Å².